The zero-order chi connectivity index (χ0) is 20.2. The maximum Gasteiger partial charge on any atom is 0.274 e. The van der Waals surface area contributed by atoms with Crippen LogP contribution >= 0.6 is 0 Å². The Morgan fingerprint density at radius 1 is 1.03 bits per heavy atom. The van der Waals surface area contributed by atoms with Crippen LogP contribution in [0.25, 0.3) is 11.3 Å². The van der Waals surface area contributed by atoms with Crippen LogP contribution in [0.1, 0.15) is 47.7 Å². The molecular weight excluding hydrogens is 369 g/mol. The van der Waals surface area contributed by atoms with E-state index in [-0.39, 0.29) is 29.4 Å². The largest absolute Gasteiger partial charge is 0.393 e. The fraction of sp³-hybridized carbons (Fsp3) is 0.261. The number of benzene rings is 1. The number of aromatic nitrogens is 2. The van der Waals surface area contributed by atoms with Gasteiger partial charge in [0.05, 0.1) is 23.7 Å². The van der Waals surface area contributed by atoms with Crippen LogP contribution in [0.3, 0.4) is 0 Å². The Morgan fingerprint density at radius 3 is 2.62 bits per heavy atom. The third kappa shape index (κ3) is 4.32. The van der Waals surface area contributed by atoms with Crippen LogP contribution in [0, 0.1) is 5.82 Å². The van der Waals surface area contributed by atoms with Gasteiger partial charge >= 0.3 is 0 Å². The van der Waals surface area contributed by atoms with E-state index in [2.05, 4.69) is 15.3 Å². The maximum atomic E-state index is 14.1. The van der Waals surface area contributed by atoms with Gasteiger partial charge < -0.3 is 10.4 Å². The van der Waals surface area contributed by atoms with Crippen LogP contribution in [0.4, 0.5) is 10.1 Å². The molecule has 6 heteroatoms. The van der Waals surface area contributed by atoms with Gasteiger partial charge in [-0.1, -0.05) is 18.2 Å². The number of carbonyl (C=O) groups is 1. The maximum absolute atomic E-state index is 14.1. The third-order valence-electron chi connectivity index (χ3n) is 5.37. The van der Waals surface area contributed by atoms with Crippen molar-refractivity contribution in [3.8, 4) is 11.3 Å². The van der Waals surface area contributed by atoms with Gasteiger partial charge in [0.1, 0.15) is 11.5 Å². The van der Waals surface area contributed by atoms with Crippen molar-refractivity contribution in [2.45, 2.75) is 37.7 Å². The molecule has 1 aliphatic rings. The van der Waals surface area contributed by atoms with Gasteiger partial charge in [0.15, 0.2) is 0 Å². The second-order valence-electron chi connectivity index (χ2n) is 7.31. The highest BCUT2D eigenvalue weighted by Gasteiger charge is 2.23. The smallest absolute Gasteiger partial charge is 0.274 e. The molecule has 0 bridgehead atoms. The molecule has 5 nitrogen and oxygen atoms in total. The minimum Gasteiger partial charge on any atom is -0.393 e. The molecule has 1 amide bonds. The predicted octanol–water partition coefficient (Wildman–Crippen LogP) is 4.55. The van der Waals surface area contributed by atoms with E-state index >= 15 is 0 Å². The number of carbonyl (C=O) groups excluding carboxylic acids is 1. The minimum atomic E-state index is -0.383. The Balaban J connectivity index is 1.57. The highest BCUT2D eigenvalue weighted by Crippen LogP contribution is 2.36. The molecule has 0 aliphatic heterocycles. The van der Waals surface area contributed by atoms with Gasteiger partial charge in [-0.05, 0) is 67.5 Å². The van der Waals surface area contributed by atoms with E-state index in [9.17, 15) is 14.3 Å². The van der Waals surface area contributed by atoms with Crippen LogP contribution < -0.4 is 5.32 Å². The molecule has 1 saturated carbocycles. The highest BCUT2D eigenvalue weighted by molar-refractivity contribution is 6.03. The van der Waals surface area contributed by atoms with Gasteiger partial charge in [0.2, 0.25) is 0 Å². The number of halogens is 1. The topological polar surface area (TPSA) is 75.1 Å². The Morgan fingerprint density at radius 2 is 1.83 bits per heavy atom. The van der Waals surface area contributed by atoms with Crippen LogP contribution in [-0.2, 0) is 0 Å². The molecule has 2 aromatic heterocycles. The standard InChI is InChI=1S/C23H22FN3O2/c24-19-5-2-1-4-18(19)20-6-3-7-21(26-20)23(29)27-22-14-25-13-12-17(22)15-8-10-16(28)11-9-15/h1-7,12-16,28H,8-11H2,(H,27,29). The van der Waals surface area contributed by atoms with E-state index in [1.165, 1.54) is 6.07 Å². The molecule has 0 spiro atoms. The van der Waals surface area contributed by atoms with Gasteiger partial charge in [-0.3, -0.25) is 9.78 Å². The first-order valence-corrected chi connectivity index (χ1v) is 9.77. The molecule has 1 aliphatic carbocycles. The van der Waals surface area contributed by atoms with Crippen LogP contribution in [-0.4, -0.2) is 27.1 Å². The Hall–Kier alpha value is -3.12. The van der Waals surface area contributed by atoms with E-state index in [1.54, 1.807) is 48.8 Å². The summed E-state index contributed by atoms with van der Waals surface area (Å²) in [6, 6.07) is 13.2. The molecule has 0 radical (unpaired) electrons. The summed E-state index contributed by atoms with van der Waals surface area (Å²) in [5.74, 6) is -0.478. The second-order valence-corrected chi connectivity index (χ2v) is 7.31. The highest BCUT2D eigenvalue weighted by atomic mass is 19.1. The van der Waals surface area contributed by atoms with Crippen molar-refractivity contribution in [1.82, 2.24) is 9.97 Å². The van der Waals surface area contributed by atoms with Gasteiger partial charge in [-0.15, -0.1) is 0 Å². The summed E-state index contributed by atoms with van der Waals surface area (Å²) in [6.07, 6.45) is 6.37. The van der Waals surface area contributed by atoms with Crippen molar-refractivity contribution in [2.24, 2.45) is 0 Å². The number of aliphatic hydroxyl groups is 1. The van der Waals surface area contributed by atoms with Crippen LogP contribution in [0.15, 0.2) is 60.9 Å². The first kappa shape index (κ1) is 19.2. The predicted molar refractivity (Wildman–Crippen MR) is 109 cm³/mol. The summed E-state index contributed by atoms with van der Waals surface area (Å²) in [4.78, 5) is 21.3. The Bertz CT molecular complexity index is 1020. The van der Waals surface area contributed by atoms with Crippen molar-refractivity contribution in [2.75, 3.05) is 5.32 Å². The summed E-state index contributed by atoms with van der Waals surface area (Å²) in [5, 5.41) is 12.7. The number of amides is 1. The van der Waals surface area contributed by atoms with Crippen molar-refractivity contribution >= 4 is 11.6 Å². The lowest BCUT2D eigenvalue weighted by atomic mass is 9.82. The van der Waals surface area contributed by atoms with Crippen LogP contribution in [0.5, 0.6) is 0 Å². The number of hydrogen-bond acceptors (Lipinski definition) is 4. The first-order chi connectivity index (χ1) is 14.1. The average Bonchev–Trinajstić information content (AvgIpc) is 2.75. The first-order valence-electron chi connectivity index (χ1n) is 9.77. The summed E-state index contributed by atoms with van der Waals surface area (Å²) >= 11 is 0. The molecule has 1 fully saturated rings. The average molecular weight is 391 g/mol. The lowest BCUT2D eigenvalue weighted by Gasteiger charge is -2.27. The molecule has 2 heterocycles. The van der Waals surface area contributed by atoms with E-state index in [0.717, 1.165) is 31.2 Å². The van der Waals surface area contributed by atoms with Crippen molar-refractivity contribution in [3.05, 3.63) is 78.0 Å². The summed E-state index contributed by atoms with van der Waals surface area (Å²) in [5.41, 5.74) is 2.63. The lowest BCUT2D eigenvalue weighted by Crippen LogP contribution is -2.20. The zero-order valence-electron chi connectivity index (χ0n) is 15.9. The molecule has 4 rings (SSSR count). The van der Waals surface area contributed by atoms with Gasteiger partial charge in [-0.25, -0.2) is 9.37 Å². The van der Waals surface area contributed by atoms with Gasteiger partial charge in [0.25, 0.3) is 5.91 Å². The summed E-state index contributed by atoms with van der Waals surface area (Å²) in [6.45, 7) is 0. The molecule has 0 atom stereocenters. The number of anilines is 1. The Kier molecular flexibility index (Phi) is 5.62. The quantitative estimate of drug-likeness (QED) is 0.684. The van der Waals surface area contributed by atoms with Gasteiger partial charge in [-0.2, -0.15) is 0 Å². The van der Waals surface area contributed by atoms with Crippen LogP contribution in [0.2, 0.25) is 0 Å². The molecule has 1 aromatic carbocycles. The van der Waals surface area contributed by atoms with E-state index < -0.39 is 0 Å². The number of pyridine rings is 2. The normalized spacial score (nSPS) is 19.0. The fourth-order valence-electron chi connectivity index (χ4n) is 3.82. The molecule has 2 N–H and O–H groups in total. The molecular formula is C23H22FN3O2. The van der Waals surface area contributed by atoms with Crippen molar-refractivity contribution in [1.29, 1.82) is 0 Å². The molecule has 0 unspecified atom stereocenters. The van der Waals surface area contributed by atoms with Crippen molar-refractivity contribution < 1.29 is 14.3 Å². The summed E-state index contributed by atoms with van der Waals surface area (Å²) < 4.78 is 14.1. The Labute approximate surface area is 168 Å². The summed E-state index contributed by atoms with van der Waals surface area (Å²) in [7, 11) is 0. The lowest BCUT2D eigenvalue weighted by molar-refractivity contribution is 0.102. The number of nitrogens with zero attached hydrogens (tertiary/aromatic N) is 2. The monoisotopic (exact) mass is 391 g/mol. The SMILES string of the molecule is O=C(Nc1cnccc1C1CCC(O)CC1)c1cccc(-c2ccccc2F)n1. The minimum absolute atomic E-state index is 0.208. The molecule has 148 valence electrons. The molecule has 3 aromatic rings. The van der Waals surface area contributed by atoms with E-state index in [4.69, 9.17) is 0 Å². The van der Waals surface area contributed by atoms with E-state index in [0.29, 0.717) is 16.9 Å². The number of rotatable bonds is 4. The zero-order valence-corrected chi connectivity index (χ0v) is 15.9. The van der Waals surface area contributed by atoms with Crippen molar-refractivity contribution in [3.63, 3.8) is 0 Å². The number of aliphatic hydroxyl groups excluding tert-OH is 1. The molecule has 0 saturated heterocycles. The van der Waals surface area contributed by atoms with E-state index in [1.807, 2.05) is 6.07 Å². The third-order valence-corrected chi connectivity index (χ3v) is 5.37. The second kappa shape index (κ2) is 8.49. The fourth-order valence-corrected chi connectivity index (χ4v) is 3.82. The molecule has 29 heavy (non-hydrogen) atoms. The van der Waals surface area contributed by atoms with Gasteiger partial charge in [0, 0.05) is 11.8 Å². The number of nitrogens with one attached hydrogen (secondary N) is 1. The number of hydrogen-bond donors (Lipinski definition) is 2.